The molecule has 0 fully saturated rings. The maximum atomic E-state index is 4.56. The maximum Gasteiger partial charge on any atom is 2.00 e. The van der Waals surface area contributed by atoms with Gasteiger partial charge in [0.25, 0.3) is 0 Å². The molecular formula is C15H10ClMgN3. The molecular weight excluding hydrogens is 282 g/mol. The molecule has 5 heteroatoms. The Labute approximate surface area is 140 Å². The molecule has 3 heterocycles. The van der Waals surface area contributed by atoms with Crippen LogP contribution >= 0.6 is 0 Å². The van der Waals surface area contributed by atoms with E-state index >= 15 is 0 Å². The molecule has 0 spiro atoms. The fourth-order valence-corrected chi connectivity index (χ4v) is 1.68. The van der Waals surface area contributed by atoms with E-state index in [4.69, 9.17) is 0 Å². The molecule has 94 valence electrons. The molecule has 3 aromatic rings. The van der Waals surface area contributed by atoms with Crippen LogP contribution in [0.5, 0.6) is 0 Å². The predicted molar refractivity (Wildman–Crippen MR) is 75.3 cm³/mol. The van der Waals surface area contributed by atoms with Crippen LogP contribution in [0.25, 0.3) is 22.8 Å². The largest absolute Gasteiger partial charge is 2.00 e. The summed E-state index contributed by atoms with van der Waals surface area (Å²) in [5.74, 6) is 0. The van der Waals surface area contributed by atoms with E-state index in [1.807, 2.05) is 48.5 Å². The Morgan fingerprint density at radius 1 is 0.700 bits per heavy atom. The summed E-state index contributed by atoms with van der Waals surface area (Å²) in [6.07, 6.45) is 3.51. The first-order valence-corrected chi connectivity index (χ1v) is 5.64. The second-order valence-corrected chi connectivity index (χ2v) is 3.77. The first-order valence-electron chi connectivity index (χ1n) is 5.64. The van der Waals surface area contributed by atoms with Gasteiger partial charge >= 0.3 is 23.1 Å². The summed E-state index contributed by atoms with van der Waals surface area (Å²) >= 11 is 0. The summed E-state index contributed by atoms with van der Waals surface area (Å²) in [5.41, 5.74) is 3.29. The van der Waals surface area contributed by atoms with Gasteiger partial charge in [0.05, 0.1) is 0 Å². The SMILES string of the molecule is [Cl-].[Mg+2].[c-]1cc(-c2ccccn2)nc(-c2ccccn2)c1. The van der Waals surface area contributed by atoms with Crippen LogP contribution in [0.1, 0.15) is 0 Å². The van der Waals surface area contributed by atoms with Crippen LogP contribution in [0.4, 0.5) is 0 Å². The van der Waals surface area contributed by atoms with E-state index in [0.717, 1.165) is 22.8 Å². The van der Waals surface area contributed by atoms with Crippen molar-refractivity contribution in [2.45, 2.75) is 0 Å². The van der Waals surface area contributed by atoms with Crippen LogP contribution in [-0.4, -0.2) is 38.0 Å². The van der Waals surface area contributed by atoms with Gasteiger partial charge in [-0.25, -0.2) is 0 Å². The summed E-state index contributed by atoms with van der Waals surface area (Å²) in [4.78, 5) is 13.1. The fraction of sp³-hybridized carbons (Fsp3) is 0. The van der Waals surface area contributed by atoms with Crippen molar-refractivity contribution in [3.05, 3.63) is 67.0 Å². The van der Waals surface area contributed by atoms with Crippen molar-refractivity contribution in [2.75, 3.05) is 0 Å². The Morgan fingerprint density at radius 3 is 1.60 bits per heavy atom. The van der Waals surface area contributed by atoms with Gasteiger partial charge in [0.1, 0.15) is 0 Å². The van der Waals surface area contributed by atoms with E-state index in [9.17, 15) is 0 Å². The van der Waals surface area contributed by atoms with Crippen molar-refractivity contribution in [2.24, 2.45) is 0 Å². The number of nitrogens with zero attached hydrogens (tertiary/aromatic N) is 3. The third-order valence-corrected chi connectivity index (χ3v) is 2.54. The predicted octanol–water partition coefficient (Wildman–Crippen LogP) is -0.371. The molecule has 3 nitrogen and oxygen atoms in total. The number of rotatable bonds is 2. The van der Waals surface area contributed by atoms with Crippen LogP contribution in [0.15, 0.2) is 60.9 Å². The first-order chi connectivity index (χ1) is 8.93. The van der Waals surface area contributed by atoms with Crippen molar-refractivity contribution in [3.63, 3.8) is 0 Å². The summed E-state index contributed by atoms with van der Waals surface area (Å²) < 4.78 is 0. The second-order valence-electron chi connectivity index (χ2n) is 3.77. The Hall–Kier alpha value is -1.49. The number of hydrogen-bond acceptors (Lipinski definition) is 3. The normalized spacial score (nSPS) is 9.20. The molecule has 0 amide bonds. The van der Waals surface area contributed by atoms with Gasteiger partial charge in [0.2, 0.25) is 0 Å². The molecule has 0 atom stereocenters. The van der Waals surface area contributed by atoms with E-state index in [-0.39, 0.29) is 35.5 Å². The van der Waals surface area contributed by atoms with E-state index in [1.54, 1.807) is 12.4 Å². The minimum Gasteiger partial charge on any atom is -1.00 e. The molecule has 0 aromatic carbocycles. The van der Waals surface area contributed by atoms with Gasteiger partial charge in [-0.15, -0.1) is 12.1 Å². The zero-order valence-electron chi connectivity index (χ0n) is 10.7. The minimum absolute atomic E-state index is 0. The summed E-state index contributed by atoms with van der Waals surface area (Å²) in [6.45, 7) is 0. The molecule has 0 unspecified atom stereocenters. The average Bonchev–Trinajstić information content (AvgIpc) is 2.49. The molecule has 0 N–H and O–H groups in total. The molecule has 3 rings (SSSR count). The third kappa shape index (κ3) is 3.76. The van der Waals surface area contributed by atoms with Gasteiger partial charge in [0, 0.05) is 23.8 Å². The zero-order chi connectivity index (χ0) is 12.2. The third-order valence-electron chi connectivity index (χ3n) is 2.54. The molecule has 0 saturated heterocycles. The van der Waals surface area contributed by atoms with Crippen molar-refractivity contribution >= 4 is 23.1 Å². The van der Waals surface area contributed by atoms with Crippen molar-refractivity contribution in [1.29, 1.82) is 0 Å². The molecule has 0 radical (unpaired) electrons. The summed E-state index contributed by atoms with van der Waals surface area (Å²) in [5, 5.41) is 0. The summed E-state index contributed by atoms with van der Waals surface area (Å²) in [6, 6.07) is 18.3. The average molecular weight is 292 g/mol. The van der Waals surface area contributed by atoms with Gasteiger partial charge in [-0.2, -0.15) is 6.07 Å². The zero-order valence-corrected chi connectivity index (χ0v) is 12.9. The molecule has 20 heavy (non-hydrogen) atoms. The van der Waals surface area contributed by atoms with Crippen LogP contribution in [-0.2, 0) is 0 Å². The Kier molecular flexibility index (Phi) is 6.58. The first kappa shape index (κ1) is 16.6. The molecule has 0 saturated carbocycles. The smallest absolute Gasteiger partial charge is 1.00 e. The Bertz CT molecular complexity index is 593. The van der Waals surface area contributed by atoms with Crippen LogP contribution in [0.3, 0.4) is 0 Å². The van der Waals surface area contributed by atoms with Gasteiger partial charge < -0.3 is 17.4 Å². The fourth-order valence-electron chi connectivity index (χ4n) is 1.68. The Balaban J connectivity index is 0.000001000. The number of aromatic nitrogens is 3. The number of halogens is 1. The molecule has 0 aliphatic heterocycles. The number of hydrogen-bond donors (Lipinski definition) is 0. The van der Waals surface area contributed by atoms with Gasteiger partial charge in [0.15, 0.2) is 0 Å². The molecule has 0 aliphatic carbocycles. The van der Waals surface area contributed by atoms with Gasteiger partial charge in [-0.3, -0.25) is 9.97 Å². The van der Waals surface area contributed by atoms with Crippen LogP contribution < -0.4 is 12.4 Å². The van der Waals surface area contributed by atoms with E-state index in [1.165, 1.54) is 0 Å². The van der Waals surface area contributed by atoms with E-state index in [2.05, 4.69) is 21.0 Å². The summed E-state index contributed by atoms with van der Waals surface area (Å²) in [7, 11) is 0. The minimum atomic E-state index is 0. The van der Waals surface area contributed by atoms with Crippen LogP contribution in [0.2, 0.25) is 0 Å². The van der Waals surface area contributed by atoms with Crippen molar-refractivity contribution in [1.82, 2.24) is 15.0 Å². The van der Waals surface area contributed by atoms with E-state index in [0.29, 0.717) is 0 Å². The van der Waals surface area contributed by atoms with Gasteiger partial charge in [-0.1, -0.05) is 12.1 Å². The molecule has 0 bridgehead atoms. The molecule has 0 aliphatic rings. The quantitative estimate of drug-likeness (QED) is 0.478. The topological polar surface area (TPSA) is 38.7 Å². The maximum absolute atomic E-state index is 4.56. The van der Waals surface area contributed by atoms with Gasteiger partial charge in [-0.05, 0) is 35.7 Å². The second kappa shape index (κ2) is 7.94. The standard InChI is InChI=1S/C15H10N3.ClH.Mg/c1-3-10-16-12(6-1)14-8-5-9-15(18-14)13-7-2-4-11-17-13;;/h1-4,6-11H;1H;/q-1;;+2/p-1. The van der Waals surface area contributed by atoms with Crippen LogP contribution in [0, 0.1) is 6.07 Å². The monoisotopic (exact) mass is 291 g/mol. The Morgan fingerprint density at radius 2 is 1.20 bits per heavy atom. The van der Waals surface area contributed by atoms with Crippen molar-refractivity contribution < 1.29 is 12.4 Å². The number of pyridine rings is 3. The van der Waals surface area contributed by atoms with E-state index < -0.39 is 0 Å². The van der Waals surface area contributed by atoms with Crippen molar-refractivity contribution in [3.8, 4) is 22.8 Å². The molecule has 3 aromatic heterocycles.